The monoisotopic (exact) mass is 965 g/mol. The standard InChI is InChI=1S/C54H67NO13Si/c1-31(56)28-53-30-64-39(53)27-38(58)52(9)44(53)46(67-48(61)36-25-19-14-20-26-36)54(63)29-37(32(2)40(51(54,7)8)42(45(52)59)65-33(3)57)66-49(62)43(68-69(10,11)50(4,5)6)41(34-21-15-12-16-22-34)55-47(60)35-23-17-13-18-24-35/h12-26,37-39,41-44,46,58,63H,27-30H2,1-11H3,(H,55,60)/t37-,38?,39+,41?,42+,43+,44?,46-,52+,53+,54+/m0/s1. The third kappa shape index (κ3) is 9.05. The molecule has 0 aromatic heterocycles. The summed E-state index contributed by atoms with van der Waals surface area (Å²) in [7, 11) is -2.92. The van der Waals surface area contributed by atoms with Gasteiger partial charge in [-0.25, -0.2) is 9.59 Å². The number of aliphatic hydroxyl groups excluding tert-OH is 1. The molecule has 3 aromatic rings. The van der Waals surface area contributed by atoms with E-state index in [-0.39, 0.29) is 41.9 Å². The van der Waals surface area contributed by atoms with Gasteiger partial charge in [0.2, 0.25) is 0 Å². The number of ether oxygens (including phenoxy) is 4. The number of rotatable bonds is 13. The molecule has 3 aromatic carbocycles. The summed E-state index contributed by atoms with van der Waals surface area (Å²) in [6, 6.07) is 24.5. The van der Waals surface area contributed by atoms with E-state index in [1.165, 1.54) is 13.8 Å². The summed E-state index contributed by atoms with van der Waals surface area (Å²) in [4.78, 5) is 86.5. The quantitative estimate of drug-likeness (QED) is 0.0662. The minimum atomic E-state index is -2.92. The largest absolute Gasteiger partial charge is 0.456 e. The Morgan fingerprint density at radius 1 is 0.855 bits per heavy atom. The molecule has 69 heavy (non-hydrogen) atoms. The highest BCUT2D eigenvalue weighted by molar-refractivity contribution is 6.74. The second-order valence-electron chi connectivity index (χ2n) is 21.8. The van der Waals surface area contributed by atoms with Crippen LogP contribution in [0.2, 0.25) is 18.1 Å². The molecule has 1 amide bonds. The number of hydrogen-bond donors (Lipinski definition) is 3. The van der Waals surface area contributed by atoms with E-state index in [1.54, 1.807) is 106 Å². The molecule has 2 bridgehead atoms. The van der Waals surface area contributed by atoms with E-state index in [0.29, 0.717) is 11.1 Å². The summed E-state index contributed by atoms with van der Waals surface area (Å²) < 4.78 is 32.3. The topological polar surface area (TPSA) is 201 Å². The number of aliphatic hydroxyl groups is 2. The Morgan fingerprint density at radius 2 is 1.42 bits per heavy atom. The molecule has 7 rings (SSSR count). The van der Waals surface area contributed by atoms with E-state index in [1.807, 2.05) is 39.9 Å². The van der Waals surface area contributed by atoms with Gasteiger partial charge in [-0.3, -0.25) is 14.4 Å². The molecular weight excluding hydrogens is 899 g/mol. The number of esters is 3. The molecule has 1 aliphatic heterocycles. The zero-order chi connectivity index (χ0) is 50.6. The molecule has 3 fully saturated rings. The highest BCUT2D eigenvalue weighted by atomic mass is 28.4. The van der Waals surface area contributed by atoms with Crippen molar-refractivity contribution < 1.29 is 62.4 Å². The van der Waals surface area contributed by atoms with Gasteiger partial charge in [-0.2, -0.15) is 0 Å². The zero-order valence-corrected chi connectivity index (χ0v) is 42.5. The Balaban J connectivity index is 1.44. The van der Waals surface area contributed by atoms with Crippen molar-refractivity contribution in [1.29, 1.82) is 0 Å². The summed E-state index contributed by atoms with van der Waals surface area (Å²) in [5.74, 6) is -5.40. The normalized spacial score (nSPS) is 30.4. The van der Waals surface area contributed by atoms with E-state index in [4.69, 9.17) is 23.4 Å². The van der Waals surface area contributed by atoms with Gasteiger partial charge < -0.3 is 43.7 Å². The molecule has 3 aliphatic carbocycles. The summed E-state index contributed by atoms with van der Waals surface area (Å²) in [6.07, 6.45) is -9.23. The molecule has 14 nitrogen and oxygen atoms in total. The van der Waals surface area contributed by atoms with Crippen molar-refractivity contribution >= 4 is 43.7 Å². The number of nitrogens with one attached hydrogen (secondary N) is 1. The van der Waals surface area contributed by atoms with Crippen molar-refractivity contribution in [3.63, 3.8) is 0 Å². The van der Waals surface area contributed by atoms with Crippen molar-refractivity contribution in [3.8, 4) is 0 Å². The number of hydrogen-bond acceptors (Lipinski definition) is 13. The number of Topliss-reactive ketones (excluding diaryl/α,β-unsaturated/α-hetero) is 2. The Labute approximate surface area is 405 Å². The van der Waals surface area contributed by atoms with Gasteiger partial charge in [0.15, 0.2) is 26.3 Å². The first-order valence-electron chi connectivity index (χ1n) is 23.7. The van der Waals surface area contributed by atoms with E-state index in [9.17, 15) is 29.4 Å². The van der Waals surface area contributed by atoms with Crippen LogP contribution in [0.5, 0.6) is 0 Å². The maximum atomic E-state index is 15.8. The Hall–Kier alpha value is -5.32. The van der Waals surface area contributed by atoms with Crippen LogP contribution in [-0.4, -0.2) is 103 Å². The van der Waals surface area contributed by atoms with Crippen molar-refractivity contribution in [2.24, 2.45) is 22.2 Å². The Bertz CT molecular complexity index is 2500. The SMILES string of the molecule is CC(=O)C[C@@]12CO[C@@H]1CC(O)[C@@]1(C)C(=O)[C@H](OC(C)=O)C3=C(C)[C@@H](OC(=O)[C@H](O[Si](C)(C)C(C)(C)C)C(NC(=O)c4ccccc4)c4ccccc4)C[C@@](O)([C@@H](OC(=O)c4ccccc4)C12)C3(C)C. The van der Waals surface area contributed by atoms with Crippen LogP contribution in [-0.2, 0) is 42.6 Å². The third-order valence-electron chi connectivity index (χ3n) is 16.2. The van der Waals surface area contributed by atoms with Gasteiger partial charge in [-0.1, -0.05) is 101 Å². The van der Waals surface area contributed by atoms with Crippen LogP contribution in [0.3, 0.4) is 0 Å². The van der Waals surface area contributed by atoms with Gasteiger partial charge in [0.05, 0.1) is 35.8 Å². The van der Waals surface area contributed by atoms with Crippen LogP contribution < -0.4 is 5.32 Å². The Morgan fingerprint density at radius 3 is 1.94 bits per heavy atom. The van der Waals surface area contributed by atoms with Crippen LogP contribution in [0.15, 0.2) is 102 Å². The van der Waals surface area contributed by atoms with Gasteiger partial charge in [0, 0.05) is 48.5 Å². The summed E-state index contributed by atoms with van der Waals surface area (Å²) >= 11 is 0. The summed E-state index contributed by atoms with van der Waals surface area (Å²) in [5, 5.41) is 29.0. The van der Waals surface area contributed by atoms with Crippen LogP contribution in [0.25, 0.3) is 0 Å². The van der Waals surface area contributed by atoms with Crippen molar-refractivity contribution in [1.82, 2.24) is 5.32 Å². The molecule has 11 atom stereocenters. The molecule has 3 unspecified atom stereocenters. The zero-order valence-electron chi connectivity index (χ0n) is 41.5. The number of carbonyl (C=O) groups excluding carboxylic acids is 6. The minimum Gasteiger partial charge on any atom is -0.456 e. The second-order valence-corrected chi connectivity index (χ2v) is 26.5. The van der Waals surface area contributed by atoms with Crippen LogP contribution in [0, 0.1) is 22.2 Å². The molecule has 0 spiro atoms. The fourth-order valence-corrected chi connectivity index (χ4v) is 12.5. The Kier molecular flexibility index (Phi) is 14.0. The fraction of sp³-hybridized carbons (Fsp3) is 0.519. The van der Waals surface area contributed by atoms with Crippen LogP contribution >= 0.6 is 0 Å². The first-order chi connectivity index (χ1) is 32.2. The highest BCUT2D eigenvalue weighted by Crippen LogP contribution is 2.67. The van der Waals surface area contributed by atoms with Gasteiger partial charge in [0.1, 0.15) is 23.6 Å². The average Bonchev–Trinajstić information content (AvgIpc) is 3.28. The molecule has 370 valence electrons. The molecule has 1 saturated heterocycles. The first kappa shape index (κ1) is 51.5. The van der Waals surface area contributed by atoms with Crippen LogP contribution in [0.1, 0.15) is 114 Å². The molecule has 2 saturated carbocycles. The van der Waals surface area contributed by atoms with Crippen molar-refractivity contribution in [2.75, 3.05) is 6.61 Å². The maximum absolute atomic E-state index is 15.8. The summed E-state index contributed by atoms with van der Waals surface area (Å²) in [6.45, 7) is 18.9. The van der Waals surface area contributed by atoms with Crippen LogP contribution in [0.4, 0.5) is 0 Å². The lowest BCUT2D eigenvalue weighted by atomic mass is 9.41. The van der Waals surface area contributed by atoms with Gasteiger partial charge in [0.25, 0.3) is 5.91 Å². The third-order valence-corrected chi connectivity index (χ3v) is 20.6. The van der Waals surface area contributed by atoms with E-state index >= 15 is 9.59 Å². The lowest BCUT2D eigenvalue weighted by Crippen LogP contribution is -2.78. The van der Waals surface area contributed by atoms with E-state index < -0.39 is 120 Å². The second kappa shape index (κ2) is 18.8. The molecule has 1 heterocycles. The lowest BCUT2D eigenvalue weighted by Gasteiger charge is -2.68. The van der Waals surface area contributed by atoms with Gasteiger partial charge in [-0.05, 0) is 79.9 Å². The number of fused-ring (bicyclic) bond motifs is 5. The van der Waals surface area contributed by atoms with E-state index in [0.717, 1.165) is 6.92 Å². The number of ketones is 2. The molecule has 3 N–H and O–H groups in total. The number of benzene rings is 3. The average molecular weight is 966 g/mol. The predicted octanol–water partition coefficient (Wildman–Crippen LogP) is 7.43. The van der Waals surface area contributed by atoms with Crippen molar-refractivity contribution in [3.05, 3.63) is 119 Å². The van der Waals surface area contributed by atoms with Gasteiger partial charge >= 0.3 is 17.9 Å². The predicted molar refractivity (Wildman–Crippen MR) is 257 cm³/mol. The fourth-order valence-electron chi connectivity index (χ4n) is 11.3. The molecule has 0 radical (unpaired) electrons. The smallest absolute Gasteiger partial charge is 0.338 e. The molecule has 4 aliphatic rings. The minimum absolute atomic E-state index is 0.0722. The van der Waals surface area contributed by atoms with E-state index in [2.05, 4.69) is 5.32 Å². The summed E-state index contributed by atoms with van der Waals surface area (Å²) in [5.41, 5.74) is -5.69. The van der Waals surface area contributed by atoms with Gasteiger partial charge in [-0.15, -0.1) is 0 Å². The maximum Gasteiger partial charge on any atom is 0.338 e. The molecular formula is C54H67NO13Si. The van der Waals surface area contributed by atoms with Crippen molar-refractivity contribution in [2.45, 2.75) is 148 Å². The number of amides is 1. The number of carbonyl (C=O) groups is 6. The lowest BCUT2D eigenvalue weighted by molar-refractivity contribution is -0.319. The first-order valence-corrected chi connectivity index (χ1v) is 26.6. The highest BCUT2D eigenvalue weighted by Gasteiger charge is 2.77. The molecule has 15 heteroatoms.